The highest BCUT2D eigenvalue weighted by Crippen LogP contribution is 2.78. The van der Waals surface area contributed by atoms with E-state index in [1.165, 1.54) is 73.1 Å². The normalized spacial score (nSPS) is 23.4. The molecule has 1 saturated carbocycles. The molecule has 1 heterocycles. The van der Waals surface area contributed by atoms with Crippen molar-refractivity contribution in [2.75, 3.05) is 4.90 Å². The summed E-state index contributed by atoms with van der Waals surface area (Å²) in [4.78, 5) is 2.78. The Morgan fingerprint density at radius 2 is 1.34 bits per heavy atom. The summed E-state index contributed by atoms with van der Waals surface area (Å²) >= 11 is 0. The van der Waals surface area contributed by atoms with Crippen molar-refractivity contribution in [1.29, 1.82) is 0 Å². The van der Waals surface area contributed by atoms with E-state index in [4.69, 9.17) is 0 Å². The summed E-state index contributed by atoms with van der Waals surface area (Å²) in [6.07, 6.45) is 8.24. The van der Waals surface area contributed by atoms with Crippen LogP contribution in [-0.2, 0) is 5.41 Å². The first-order valence-electron chi connectivity index (χ1n) is 21.4. The fourth-order valence-corrected chi connectivity index (χ4v) is 13.1. The number of hydrogen-bond acceptors (Lipinski definition) is 1. The van der Waals surface area contributed by atoms with E-state index in [-0.39, 0.29) is 16.9 Å². The van der Waals surface area contributed by atoms with Crippen LogP contribution in [0.5, 0.6) is 0 Å². The van der Waals surface area contributed by atoms with Crippen LogP contribution < -0.4 is 4.90 Å². The number of aromatic nitrogens is 1. The maximum Gasteiger partial charge on any atom is 0.0542 e. The smallest absolute Gasteiger partial charge is 0.0542 e. The number of nitrogens with zero attached hydrogens (tertiary/aromatic N) is 2. The molecule has 1 fully saturated rings. The lowest BCUT2D eigenvalue weighted by molar-refractivity contribution is 0.118. The molecule has 0 saturated heterocycles. The van der Waals surface area contributed by atoms with Gasteiger partial charge in [0.05, 0.1) is 16.4 Å². The predicted octanol–water partition coefficient (Wildman–Crippen LogP) is 14.2. The number of rotatable bonds is 5. The van der Waals surface area contributed by atoms with E-state index in [0.29, 0.717) is 5.92 Å². The molecule has 2 nitrogen and oxygen atoms in total. The molecule has 1 spiro atoms. The Morgan fingerprint density at radius 1 is 0.621 bits per heavy atom. The van der Waals surface area contributed by atoms with Crippen molar-refractivity contribution >= 4 is 44.3 Å². The van der Waals surface area contributed by atoms with E-state index in [1.54, 1.807) is 27.8 Å². The SMILES string of the molecule is CC12CC(N(c3ccc4c(c3)c3ccccc3n4-c3ccccc3)c3ccccc3-c3ccccc3)CCC1c1cccc3c1C21C2=C(CCC=C23)c2ccccc21. The minimum atomic E-state index is -0.127. The fraction of sp³-hybridized carbons (Fsp3) is 0.179. The topological polar surface area (TPSA) is 8.17 Å². The molecule has 8 aromatic rings. The van der Waals surface area contributed by atoms with Crippen LogP contribution in [0.15, 0.2) is 182 Å². The largest absolute Gasteiger partial charge is 0.338 e. The van der Waals surface area contributed by atoms with Crippen LogP contribution in [0.2, 0.25) is 0 Å². The molecule has 0 bridgehead atoms. The minimum absolute atomic E-state index is 0.0121. The lowest BCUT2D eigenvalue weighted by atomic mass is 9.52. The van der Waals surface area contributed by atoms with Crippen LogP contribution in [-0.4, -0.2) is 10.6 Å². The standard InChI is InChI=1S/C56H44N2/c1-55-35-39(30-32-48(55)46-26-15-25-45-44-24-14-23-43-41-21-8-11-27-49(41)56(55,53(43)44)54(45)46)57(50-28-12-9-20-40(50)36-16-4-2-5-17-36)38-31-33-52-47(34-38)42-22-10-13-29-51(42)58(52)37-18-6-3-7-19-37/h2-13,15-22,24-29,31,33-34,39,48H,14,23,30,32,35H2,1H3. The Morgan fingerprint density at radius 3 is 2.22 bits per heavy atom. The number of para-hydroxylation sites is 3. The highest BCUT2D eigenvalue weighted by atomic mass is 15.2. The van der Waals surface area contributed by atoms with Gasteiger partial charge in [-0.1, -0.05) is 140 Å². The van der Waals surface area contributed by atoms with Crippen molar-refractivity contribution in [1.82, 2.24) is 4.57 Å². The monoisotopic (exact) mass is 744 g/mol. The Labute approximate surface area is 340 Å². The van der Waals surface area contributed by atoms with Crippen molar-refractivity contribution in [3.63, 3.8) is 0 Å². The second kappa shape index (κ2) is 11.8. The number of fused-ring (bicyclic) bond motifs is 8. The van der Waals surface area contributed by atoms with Crippen molar-refractivity contribution in [2.45, 2.75) is 56.4 Å². The summed E-state index contributed by atoms with van der Waals surface area (Å²) in [6, 6.07) is 64.5. The lowest BCUT2D eigenvalue weighted by Crippen LogP contribution is -2.50. The van der Waals surface area contributed by atoms with Gasteiger partial charge in [-0.3, -0.25) is 0 Å². The second-order valence-corrected chi connectivity index (χ2v) is 17.6. The van der Waals surface area contributed by atoms with Crippen molar-refractivity contribution in [3.05, 3.63) is 209 Å². The average Bonchev–Trinajstić information content (AvgIpc) is 3.96. The Hall–Kier alpha value is -6.38. The highest BCUT2D eigenvalue weighted by molar-refractivity contribution is 6.11. The first-order chi connectivity index (χ1) is 28.7. The summed E-state index contributed by atoms with van der Waals surface area (Å²) in [7, 11) is 0. The third-order valence-corrected chi connectivity index (χ3v) is 15.1. The van der Waals surface area contributed by atoms with Crippen LogP contribution in [0.25, 0.3) is 49.8 Å². The van der Waals surface area contributed by atoms with Crippen LogP contribution in [0.1, 0.15) is 72.8 Å². The van der Waals surface area contributed by atoms with Crippen LogP contribution in [0.3, 0.4) is 0 Å². The predicted molar refractivity (Wildman–Crippen MR) is 241 cm³/mol. The molecule has 5 aliphatic rings. The maximum absolute atomic E-state index is 2.78. The summed E-state index contributed by atoms with van der Waals surface area (Å²) < 4.78 is 2.44. The molecule has 4 unspecified atom stereocenters. The van der Waals surface area contributed by atoms with Crippen molar-refractivity contribution in [2.24, 2.45) is 5.41 Å². The van der Waals surface area contributed by atoms with Gasteiger partial charge in [-0.15, -0.1) is 0 Å². The van der Waals surface area contributed by atoms with Crippen LogP contribution in [0, 0.1) is 5.41 Å². The number of anilines is 2. The van der Waals surface area contributed by atoms with E-state index >= 15 is 0 Å². The van der Waals surface area contributed by atoms with Gasteiger partial charge in [0.25, 0.3) is 0 Å². The van der Waals surface area contributed by atoms with Gasteiger partial charge < -0.3 is 9.47 Å². The number of allylic oxidation sites excluding steroid dienone is 4. The third-order valence-electron chi connectivity index (χ3n) is 15.1. The van der Waals surface area contributed by atoms with Gasteiger partial charge in [-0.05, 0) is 136 Å². The summed E-state index contributed by atoms with van der Waals surface area (Å²) in [5, 5.41) is 2.58. The van der Waals surface area contributed by atoms with E-state index in [9.17, 15) is 0 Å². The molecule has 1 aromatic heterocycles. The van der Waals surface area contributed by atoms with Crippen LogP contribution in [0.4, 0.5) is 11.4 Å². The van der Waals surface area contributed by atoms with E-state index < -0.39 is 0 Å². The molecule has 0 radical (unpaired) electrons. The molecule has 7 aromatic carbocycles. The fourth-order valence-electron chi connectivity index (χ4n) is 13.1. The molecule has 5 aliphatic carbocycles. The zero-order valence-corrected chi connectivity index (χ0v) is 32.8. The molecule has 2 heteroatoms. The Bertz CT molecular complexity index is 3070. The van der Waals surface area contributed by atoms with Gasteiger partial charge in [0, 0.05) is 39.4 Å². The van der Waals surface area contributed by atoms with Gasteiger partial charge >= 0.3 is 0 Å². The maximum atomic E-state index is 2.78. The molecular formula is C56H44N2. The van der Waals surface area contributed by atoms with E-state index in [1.807, 2.05) is 0 Å². The molecular weight excluding hydrogens is 701 g/mol. The first-order valence-corrected chi connectivity index (χ1v) is 21.4. The summed E-state index contributed by atoms with van der Waals surface area (Å²) in [5.41, 5.74) is 21.3. The van der Waals surface area contributed by atoms with Crippen molar-refractivity contribution < 1.29 is 0 Å². The molecule has 13 rings (SSSR count). The molecule has 58 heavy (non-hydrogen) atoms. The first kappa shape index (κ1) is 32.7. The summed E-state index contributed by atoms with van der Waals surface area (Å²) in [6.45, 7) is 2.70. The minimum Gasteiger partial charge on any atom is -0.338 e. The van der Waals surface area contributed by atoms with Gasteiger partial charge in [0.15, 0.2) is 0 Å². The Balaban J connectivity index is 1.04. The Kier molecular flexibility index (Phi) is 6.67. The molecule has 4 atom stereocenters. The lowest BCUT2D eigenvalue weighted by Gasteiger charge is -2.53. The van der Waals surface area contributed by atoms with Gasteiger partial charge in [0.1, 0.15) is 0 Å². The zero-order chi connectivity index (χ0) is 38.2. The molecule has 278 valence electrons. The average molecular weight is 745 g/mol. The molecule has 0 aliphatic heterocycles. The van der Waals surface area contributed by atoms with E-state index in [2.05, 4.69) is 192 Å². The number of hydrogen-bond donors (Lipinski definition) is 0. The van der Waals surface area contributed by atoms with E-state index in [0.717, 1.165) is 25.7 Å². The van der Waals surface area contributed by atoms with Crippen LogP contribution >= 0.6 is 0 Å². The zero-order valence-electron chi connectivity index (χ0n) is 32.8. The highest BCUT2D eigenvalue weighted by Gasteiger charge is 2.70. The van der Waals surface area contributed by atoms with Gasteiger partial charge in [-0.25, -0.2) is 0 Å². The molecule has 0 amide bonds. The van der Waals surface area contributed by atoms with Gasteiger partial charge in [-0.2, -0.15) is 0 Å². The van der Waals surface area contributed by atoms with Crippen molar-refractivity contribution in [3.8, 4) is 16.8 Å². The number of benzene rings is 7. The second-order valence-electron chi connectivity index (χ2n) is 17.6. The quantitative estimate of drug-likeness (QED) is 0.170. The third kappa shape index (κ3) is 4.03. The van der Waals surface area contributed by atoms with Gasteiger partial charge in [0.2, 0.25) is 0 Å². The summed E-state index contributed by atoms with van der Waals surface area (Å²) in [5.74, 6) is 0.500. The molecule has 0 N–H and O–H groups in total.